The number of aryl methyl sites for hydroxylation is 1. The molecule has 0 saturated carbocycles. The number of anilines is 2. The summed E-state index contributed by atoms with van der Waals surface area (Å²) in [5.41, 5.74) is 3.30. The van der Waals surface area contributed by atoms with Gasteiger partial charge in [0.15, 0.2) is 0 Å². The molecule has 1 saturated heterocycles. The van der Waals surface area contributed by atoms with Crippen LogP contribution in [0.4, 0.5) is 11.4 Å². The summed E-state index contributed by atoms with van der Waals surface area (Å²) in [6.07, 6.45) is 1.92. The molecule has 0 atom stereocenters. The number of fused-ring (bicyclic) bond motifs is 1. The van der Waals surface area contributed by atoms with Crippen LogP contribution in [-0.4, -0.2) is 58.8 Å². The van der Waals surface area contributed by atoms with Gasteiger partial charge in [0.25, 0.3) is 0 Å². The maximum Gasteiger partial charge on any atom is 0.313 e. The number of likely N-dealkylation sites (N-methyl/N-ethyl adjacent to an activating group) is 1. The van der Waals surface area contributed by atoms with Crippen molar-refractivity contribution in [3.05, 3.63) is 60.2 Å². The Kier molecular flexibility index (Phi) is 6.18. The van der Waals surface area contributed by atoms with Gasteiger partial charge in [0, 0.05) is 43.8 Å². The maximum atomic E-state index is 12.4. The van der Waals surface area contributed by atoms with Crippen molar-refractivity contribution in [1.29, 1.82) is 0 Å². The van der Waals surface area contributed by atoms with Crippen molar-refractivity contribution in [2.45, 2.75) is 20.4 Å². The molecular weight excluding hydrogens is 392 g/mol. The van der Waals surface area contributed by atoms with Crippen molar-refractivity contribution < 1.29 is 9.59 Å². The van der Waals surface area contributed by atoms with Crippen LogP contribution in [0.5, 0.6) is 0 Å². The first-order valence-corrected chi connectivity index (χ1v) is 10.6. The Labute approximate surface area is 181 Å². The Morgan fingerprint density at radius 1 is 1.03 bits per heavy atom. The molecule has 162 valence electrons. The Morgan fingerprint density at radius 3 is 2.61 bits per heavy atom. The number of pyridine rings is 1. The lowest BCUT2D eigenvalue weighted by molar-refractivity contribution is -0.136. The van der Waals surface area contributed by atoms with E-state index in [1.54, 1.807) is 6.07 Å². The van der Waals surface area contributed by atoms with Crippen molar-refractivity contribution in [1.82, 2.24) is 19.6 Å². The smallest absolute Gasteiger partial charge is 0.313 e. The SMILES string of the molecule is CCN1CCN(c2cccc(NC(=O)C(=O)NCc3nc(C)n4ccccc34)c2)CC1. The number of nitrogens with zero attached hydrogens (tertiary/aromatic N) is 4. The summed E-state index contributed by atoms with van der Waals surface area (Å²) in [5, 5.41) is 5.38. The van der Waals surface area contributed by atoms with Crippen LogP contribution in [0.2, 0.25) is 0 Å². The van der Waals surface area contributed by atoms with Gasteiger partial charge in [-0.3, -0.25) is 9.59 Å². The molecule has 0 aliphatic carbocycles. The highest BCUT2D eigenvalue weighted by atomic mass is 16.2. The molecule has 1 fully saturated rings. The van der Waals surface area contributed by atoms with Gasteiger partial charge in [0.05, 0.1) is 17.8 Å². The first-order valence-electron chi connectivity index (χ1n) is 10.6. The van der Waals surface area contributed by atoms with Crippen LogP contribution in [0.3, 0.4) is 0 Å². The number of piperazine rings is 1. The standard InChI is InChI=1S/C23H28N6O2/c1-3-27-11-13-28(14-12-27)19-8-6-7-18(15-19)26-23(31)22(30)24-16-20-21-9-4-5-10-29(21)17(2)25-20/h4-10,15H,3,11-14,16H2,1-2H3,(H,24,30)(H,26,31). The average molecular weight is 421 g/mol. The molecule has 8 heteroatoms. The predicted octanol–water partition coefficient (Wildman–Crippen LogP) is 2.04. The van der Waals surface area contributed by atoms with Gasteiger partial charge in [-0.2, -0.15) is 0 Å². The summed E-state index contributed by atoms with van der Waals surface area (Å²) < 4.78 is 1.95. The van der Waals surface area contributed by atoms with Crippen LogP contribution >= 0.6 is 0 Å². The molecular formula is C23H28N6O2. The highest BCUT2D eigenvalue weighted by molar-refractivity contribution is 6.39. The molecule has 3 aromatic rings. The molecule has 1 aromatic carbocycles. The van der Waals surface area contributed by atoms with Gasteiger partial charge < -0.3 is 24.8 Å². The average Bonchev–Trinajstić information content (AvgIpc) is 3.13. The van der Waals surface area contributed by atoms with Gasteiger partial charge in [-0.05, 0) is 43.8 Å². The molecule has 0 unspecified atom stereocenters. The fourth-order valence-corrected chi connectivity index (χ4v) is 3.93. The molecule has 0 radical (unpaired) electrons. The number of hydrogen-bond donors (Lipinski definition) is 2. The molecule has 0 spiro atoms. The maximum absolute atomic E-state index is 12.4. The van der Waals surface area contributed by atoms with Gasteiger partial charge in [-0.1, -0.05) is 19.1 Å². The number of amides is 2. The largest absolute Gasteiger partial charge is 0.369 e. The third-order valence-electron chi connectivity index (χ3n) is 5.71. The second kappa shape index (κ2) is 9.18. The van der Waals surface area contributed by atoms with E-state index in [1.165, 1.54) is 0 Å². The molecule has 3 heterocycles. The van der Waals surface area contributed by atoms with Gasteiger partial charge in [0.2, 0.25) is 0 Å². The fourth-order valence-electron chi connectivity index (χ4n) is 3.93. The molecule has 1 aliphatic heterocycles. The van der Waals surface area contributed by atoms with Gasteiger partial charge in [0.1, 0.15) is 5.82 Å². The third kappa shape index (κ3) is 4.69. The Hall–Kier alpha value is -3.39. The number of imidazole rings is 1. The minimum atomic E-state index is -0.687. The molecule has 1 aliphatic rings. The van der Waals surface area contributed by atoms with E-state index in [-0.39, 0.29) is 6.54 Å². The fraction of sp³-hybridized carbons (Fsp3) is 0.348. The number of rotatable bonds is 5. The van der Waals surface area contributed by atoms with E-state index >= 15 is 0 Å². The first-order chi connectivity index (χ1) is 15.0. The zero-order valence-corrected chi connectivity index (χ0v) is 18.0. The summed E-state index contributed by atoms with van der Waals surface area (Å²) in [5.74, 6) is -0.536. The van der Waals surface area contributed by atoms with E-state index in [1.807, 2.05) is 53.9 Å². The van der Waals surface area contributed by atoms with E-state index in [2.05, 4.69) is 32.3 Å². The zero-order valence-electron chi connectivity index (χ0n) is 18.0. The van der Waals surface area contributed by atoms with Crippen LogP contribution in [0, 0.1) is 6.92 Å². The lowest BCUT2D eigenvalue weighted by Gasteiger charge is -2.35. The number of aromatic nitrogens is 2. The molecule has 31 heavy (non-hydrogen) atoms. The van der Waals surface area contributed by atoms with Crippen LogP contribution in [0.25, 0.3) is 5.52 Å². The van der Waals surface area contributed by atoms with Crippen molar-refractivity contribution in [3.8, 4) is 0 Å². The summed E-state index contributed by atoms with van der Waals surface area (Å²) in [7, 11) is 0. The summed E-state index contributed by atoms with van der Waals surface area (Å²) in [6, 6.07) is 13.4. The number of benzene rings is 1. The quantitative estimate of drug-likeness (QED) is 0.618. The van der Waals surface area contributed by atoms with Gasteiger partial charge in [-0.15, -0.1) is 0 Å². The highest BCUT2D eigenvalue weighted by Gasteiger charge is 2.18. The lowest BCUT2D eigenvalue weighted by Crippen LogP contribution is -2.46. The normalized spacial score (nSPS) is 14.6. The van der Waals surface area contributed by atoms with Gasteiger partial charge in [-0.25, -0.2) is 4.98 Å². The van der Waals surface area contributed by atoms with E-state index in [4.69, 9.17) is 0 Å². The molecule has 2 N–H and O–H groups in total. The van der Waals surface area contributed by atoms with Crippen molar-refractivity contribution in [2.24, 2.45) is 0 Å². The molecule has 8 nitrogen and oxygen atoms in total. The summed E-state index contributed by atoms with van der Waals surface area (Å²) >= 11 is 0. The van der Waals surface area contributed by atoms with E-state index in [9.17, 15) is 9.59 Å². The monoisotopic (exact) mass is 420 g/mol. The first kappa shape index (κ1) is 20.9. The molecule has 2 amide bonds. The Balaban J connectivity index is 1.35. The topological polar surface area (TPSA) is 82.0 Å². The number of carbonyl (C=O) groups is 2. The van der Waals surface area contributed by atoms with E-state index in [0.29, 0.717) is 5.69 Å². The van der Waals surface area contributed by atoms with Crippen molar-refractivity contribution >= 4 is 28.7 Å². The Morgan fingerprint density at radius 2 is 1.84 bits per heavy atom. The van der Waals surface area contributed by atoms with E-state index < -0.39 is 11.8 Å². The summed E-state index contributed by atoms with van der Waals surface area (Å²) in [4.78, 5) is 33.9. The predicted molar refractivity (Wildman–Crippen MR) is 121 cm³/mol. The second-order valence-corrected chi connectivity index (χ2v) is 7.67. The zero-order chi connectivity index (χ0) is 21.8. The number of nitrogens with one attached hydrogen (secondary N) is 2. The van der Waals surface area contributed by atoms with Crippen LogP contribution < -0.4 is 15.5 Å². The third-order valence-corrected chi connectivity index (χ3v) is 5.71. The highest BCUT2D eigenvalue weighted by Crippen LogP contribution is 2.21. The molecule has 2 aromatic heterocycles. The number of hydrogen-bond acceptors (Lipinski definition) is 5. The van der Waals surface area contributed by atoms with E-state index in [0.717, 1.165) is 55.4 Å². The second-order valence-electron chi connectivity index (χ2n) is 7.67. The van der Waals surface area contributed by atoms with Crippen molar-refractivity contribution in [2.75, 3.05) is 42.9 Å². The molecule has 4 rings (SSSR count). The van der Waals surface area contributed by atoms with Crippen LogP contribution in [0.15, 0.2) is 48.7 Å². The Bertz CT molecular complexity index is 1080. The van der Waals surface area contributed by atoms with Crippen molar-refractivity contribution in [3.63, 3.8) is 0 Å². The summed E-state index contributed by atoms with van der Waals surface area (Å²) in [6.45, 7) is 9.28. The minimum Gasteiger partial charge on any atom is -0.369 e. The lowest BCUT2D eigenvalue weighted by atomic mass is 10.2. The van der Waals surface area contributed by atoms with Crippen LogP contribution in [0.1, 0.15) is 18.4 Å². The number of carbonyl (C=O) groups excluding carboxylic acids is 2. The van der Waals surface area contributed by atoms with Crippen LogP contribution in [-0.2, 0) is 16.1 Å². The minimum absolute atomic E-state index is 0.190. The molecule has 0 bridgehead atoms. The van der Waals surface area contributed by atoms with Gasteiger partial charge >= 0.3 is 11.8 Å².